The van der Waals surface area contributed by atoms with Gasteiger partial charge >= 0.3 is 0 Å². The Bertz CT molecular complexity index is 1150. The van der Waals surface area contributed by atoms with Crippen LogP contribution in [-0.4, -0.2) is 31.1 Å². The maximum absolute atomic E-state index is 12.4. The first-order valence-electron chi connectivity index (χ1n) is 8.58. The van der Waals surface area contributed by atoms with Gasteiger partial charge in [-0.2, -0.15) is 0 Å². The molecule has 1 heterocycles. The van der Waals surface area contributed by atoms with Gasteiger partial charge in [-0.15, -0.1) is 10.2 Å². The summed E-state index contributed by atoms with van der Waals surface area (Å²) in [5.41, 5.74) is 1.24. The molecular formula is C18H15Cl3N4O3S2. The molecule has 0 aliphatic carbocycles. The molecule has 0 atom stereocenters. The number of carbonyl (C=O) groups excluding carboxylic acids is 1. The van der Waals surface area contributed by atoms with Gasteiger partial charge in [-0.1, -0.05) is 58.3 Å². The fourth-order valence-corrected chi connectivity index (χ4v) is 5.05. The Hall–Kier alpha value is -1.75. The molecule has 30 heavy (non-hydrogen) atoms. The molecule has 0 unspecified atom stereocenters. The normalized spacial score (nSPS) is 11.4. The van der Waals surface area contributed by atoms with Crippen molar-refractivity contribution in [3.63, 3.8) is 0 Å². The van der Waals surface area contributed by atoms with Crippen molar-refractivity contribution in [2.75, 3.05) is 11.9 Å². The smallest absolute Gasteiger partial charge is 0.269 e. The number of carbonyl (C=O) groups is 1. The van der Waals surface area contributed by atoms with E-state index in [4.69, 9.17) is 34.8 Å². The van der Waals surface area contributed by atoms with Gasteiger partial charge in [0.25, 0.3) is 15.9 Å². The monoisotopic (exact) mass is 504 g/mol. The quantitative estimate of drug-likeness (QED) is 0.342. The van der Waals surface area contributed by atoms with Crippen molar-refractivity contribution >= 4 is 67.2 Å². The van der Waals surface area contributed by atoms with Crippen molar-refractivity contribution in [2.24, 2.45) is 0 Å². The second-order valence-electron chi connectivity index (χ2n) is 6.08. The van der Waals surface area contributed by atoms with Crippen molar-refractivity contribution in [3.05, 3.63) is 68.7 Å². The van der Waals surface area contributed by atoms with Gasteiger partial charge in [0.05, 0.1) is 10.6 Å². The third-order valence-electron chi connectivity index (χ3n) is 3.88. The van der Waals surface area contributed by atoms with Crippen LogP contribution in [0.2, 0.25) is 15.1 Å². The zero-order chi connectivity index (χ0) is 21.7. The zero-order valence-electron chi connectivity index (χ0n) is 15.2. The van der Waals surface area contributed by atoms with E-state index in [9.17, 15) is 13.2 Å². The molecule has 12 heteroatoms. The number of benzene rings is 2. The molecule has 0 fully saturated rings. The molecule has 3 rings (SSSR count). The maximum atomic E-state index is 12.4. The van der Waals surface area contributed by atoms with Crippen molar-refractivity contribution in [2.45, 2.75) is 17.2 Å². The third kappa shape index (κ3) is 6.13. The molecule has 1 amide bonds. The summed E-state index contributed by atoms with van der Waals surface area (Å²) in [6.45, 7) is 0.229. The highest BCUT2D eigenvalue weighted by Crippen LogP contribution is 2.24. The Balaban J connectivity index is 1.55. The lowest BCUT2D eigenvalue weighted by atomic mass is 10.1. The first kappa shape index (κ1) is 22.9. The summed E-state index contributed by atoms with van der Waals surface area (Å²) in [4.78, 5) is 12.3. The van der Waals surface area contributed by atoms with Crippen LogP contribution in [0.15, 0.2) is 46.8 Å². The van der Waals surface area contributed by atoms with Gasteiger partial charge in [-0.3, -0.25) is 10.1 Å². The van der Waals surface area contributed by atoms with Gasteiger partial charge in [0.15, 0.2) is 0 Å². The first-order valence-corrected chi connectivity index (χ1v) is 12.0. The molecule has 0 saturated carbocycles. The molecule has 0 radical (unpaired) electrons. The topological polar surface area (TPSA) is 101 Å². The predicted molar refractivity (Wildman–Crippen MR) is 119 cm³/mol. The predicted octanol–water partition coefficient (Wildman–Crippen LogP) is 4.66. The molecular weight excluding hydrogens is 491 g/mol. The van der Waals surface area contributed by atoms with Crippen molar-refractivity contribution in [3.8, 4) is 0 Å². The summed E-state index contributed by atoms with van der Waals surface area (Å²) in [5, 5.41) is 11.1. The standard InChI is InChI=1S/C18H15Cl3N4O3S2/c19-12-5-3-11(4-6-12)2-1-9-22-30(27,28)18-25-24-17(29-18)23-16(26)14-8-7-13(20)10-15(14)21/h3-8,10,22H,1-2,9H2,(H,23,24,26). The van der Waals surface area contributed by atoms with E-state index in [1.54, 1.807) is 12.1 Å². The molecule has 7 nitrogen and oxygen atoms in total. The third-order valence-corrected chi connectivity index (χ3v) is 7.35. The van der Waals surface area contributed by atoms with E-state index < -0.39 is 15.9 Å². The zero-order valence-corrected chi connectivity index (χ0v) is 19.1. The number of hydrogen-bond donors (Lipinski definition) is 2. The number of aromatic nitrogens is 2. The van der Waals surface area contributed by atoms with E-state index in [-0.39, 0.29) is 26.6 Å². The van der Waals surface area contributed by atoms with Gasteiger partial charge < -0.3 is 0 Å². The van der Waals surface area contributed by atoms with Gasteiger partial charge in [-0.25, -0.2) is 13.1 Å². The van der Waals surface area contributed by atoms with Crippen LogP contribution in [0.25, 0.3) is 0 Å². The van der Waals surface area contributed by atoms with E-state index in [0.29, 0.717) is 22.9 Å². The van der Waals surface area contributed by atoms with Crippen LogP contribution in [0.4, 0.5) is 5.13 Å². The Morgan fingerprint density at radius 2 is 1.70 bits per heavy atom. The molecule has 1 aromatic heterocycles. The van der Waals surface area contributed by atoms with Crippen LogP contribution in [-0.2, 0) is 16.4 Å². The molecule has 2 N–H and O–H groups in total. The fourth-order valence-electron chi connectivity index (χ4n) is 2.42. The minimum absolute atomic E-state index is 0.0348. The fraction of sp³-hybridized carbons (Fsp3) is 0.167. The van der Waals surface area contributed by atoms with E-state index in [0.717, 1.165) is 16.9 Å². The number of nitrogens with one attached hydrogen (secondary N) is 2. The minimum Gasteiger partial charge on any atom is -0.296 e. The highest BCUT2D eigenvalue weighted by atomic mass is 35.5. The number of halogens is 3. The van der Waals surface area contributed by atoms with Crippen molar-refractivity contribution in [1.82, 2.24) is 14.9 Å². The SMILES string of the molecule is O=C(Nc1nnc(S(=O)(=O)NCCCc2ccc(Cl)cc2)s1)c1ccc(Cl)cc1Cl. The first-order chi connectivity index (χ1) is 14.2. The second-order valence-corrected chi connectivity index (χ2v) is 10.3. The van der Waals surface area contributed by atoms with Crippen LogP contribution in [0.5, 0.6) is 0 Å². The van der Waals surface area contributed by atoms with Crippen LogP contribution >= 0.6 is 46.1 Å². The molecule has 3 aromatic rings. The van der Waals surface area contributed by atoms with Crippen molar-refractivity contribution < 1.29 is 13.2 Å². The number of nitrogens with zero attached hydrogens (tertiary/aromatic N) is 2. The van der Waals surface area contributed by atoms with Gasteiger partial charge in [0.1, 0.15) is 0 Å². The number of rotatable bonds is 8. The lowest BCUT2D eigenvalue weighted by Crippen LogP contribution is -2.25. The average molecular weight is 506 g/mol. The van der Waals surface area contributed by atoms with Gasteiger partial charge in [-0.05, 0) is 48.7 Å². The lowest BCUT2D eigenvalue weighted by molar-refractivity contribution is 0.102. The van der Waals surface area contributed by atoms with Gasteiger partial charge in [0, 0.05) is 16.6 Å². The highest BCUT2D eigenvalue weighted by Gasteiger charge is 2.21. The summed E-state index contributed by atoms with van der Waals surface area (Å²) in [6.07, 6.45) is 1.29. The molecule has 158 valence electrons. The Kier molecular flexibility index (Phi) is 7.67. The van der Waals surface area contributed by atoms with Crippen LogP contribution < -0.4 is 10.0 Å². The number of hydrogen-bond acceptors (Lipinski definition) is 6. The van der Waals surface area contributed by atoms with Crippen LogP contribution in [0.3, 0.4) is 0 Å². The van der Waals surface area contributed by atoms with Crippen LogP contribution in [0, 0.1) is 0 Å². The molecule has 0 aliphatic rings. The number of amides is 1. The van der Waals surface area contributed by atoms with E-state index in [1.807, 2.05) is 12.1 Å². The molecule has 0 spiro atoms. The van der Waals surface area contributed by atoms with Crippen LogP contribution in [0.1, 0.15) is 22.3 Å². The Morgan fingerprint density at radius 1 is 1.00 bits per heavy atom. The molecule has 0 aliphatic heterocycles. The van der Waals surface area contributed by atoms with E-state index in [2.05, 4.69) is 20.2 Å². The average Bonchev–Trinajstić information content (AvgIpc) is 3.16. The number of aryl methyl sites for hydroxylation is 1. The van der Waals surface area contributed by atoms with Crippen molar-refractivity contribution in [1.29, 1.82) is 0 Å². The number of sulfonamides is 1. The Morgan fingerprint density at radius 3 is 2.40 bits per heavy atom. The van der Waals surface area contributed by atoms with Gasteiger partial charge in [0.2, 0.25) is 9.47 Å². The maximum Gasteiger partial charge on any atom is 0.269 e. The minimum atomic E-state index is -3.84. The summed E-state index contributed by atoms with van der Waals surface area (Å²) >= 11 is 18.4. The molecule has 0 saturated heterocycles. The number of anilines is 1. The second kappa shape index (κ2) is 10.0. The molecule has 2 aromatic carbocycles. The van der Waals surface area contributed by atoms with E-state index in [1.165, 1.54) is 18.2 Å². The summed E-state index contributed by atoms with van der Waals surface area (Å²) in [6, 6.07) is 11.8. The summed E-state index contributed by atoms with van der Waals surface area (Å²) in [7, 11) is -3.84. The lowest BCUT2D eigenvalue weighted by Gasteiger charge is -2.04. The molecule has 0 bridgehead atoms. The largest absolute Gasteiger partial charge is 0.296 e. The summed E-state index contributed by atoms with van der Waals surface area (Å²) in [5.74, 6) is -0.548. The highest BCUT2D eigenvalue weighted by molar-refractivity contribution is 7.91. The van der Waals surface area contributed by atoms with E-state index >= 15 is 0 Å². The Labute approximate surface area is 192 Å². The summed E-state index contributed by atoms with van der Waals surface area (Å²) < 4.78 is 27.0.